The molecule has 1 aliphatic rings. The molecule has 16 heavy (non-hydrogen) atoms. The summed E-state index contributed by atoms with van der Waals surface area (Å²) in [7, 11) is 0. The summed E-state index contributed by atoms with van der Waals surface area (Å²) in [5.74, 6) is 0.721. The summed E-state index contributed by atoms with van der Waals surface area (Å²) in [5, 5.41) is 7.12. The molecule has 0 amide bonds. The van der Waals surface area contributed by atoms with Gasteiger partial charge in [0.15, 0.2) is 0 Å². The first-order valence-electron chi connectivity index (χ1n) is 6.22. The molecule has 1 heterocycles. The van der Waals surface area contributed by atoms with Gasteiger partial charge in [-0.2, -0.15) is 0 Å². The number of anilines is 1. The Balaban J connectivity index is 1.99. The lowest BCUT2D eigenvalue weighted by atomic mass is 9.97. The summed E-state index contributed by atoms with van der Waals surface area (Å²) in [6.45, 7) is 8.81. The fourth-order valence-electron chi connectivity index (χ4n) is 2.18. The highest BCUT2D eigenvalue weighted by molar-refractivity contribution is 5.55. The highest BCUT2D eigenvalue weighted by Crippen LogP contribution is 2.22. The topological polar surface area (TPSA) is 24.1 Å². The summed E-state index contributed by atoms with van der Waals surface area (Å²) in [5.41, 5.74) is 4.12. The molecule has 2 rings (SSSR count). The van der Waals surface area contributed by atoms with Gasteiger partial charge in [0.1, 0.15) is 0 Å². The number of aryl methyl sites for hydroxylation is 1. The van der Waals surface area contributed by atoms with Crippen molar-refractivity contribution in [3.63, 3.8) is 0 Å². The van der Waals surface area contributed by atoms with Crippen molar-refractivity contribution < 1.29 is 0 Å². The average molecular weight is 218 g/mol. The van der Waals surface area contributed by atoms with Gasteiger partial charge in [-0.25, -0.2) is 0 Å². The Kier molecular flexibility index (Phi) is 3.49. The van der Waals surface area contributed by atoms with Crippen LogP contribution >= 0.6 is 0 Å². The Morgan fingerprint density at radius 3 is 3.00 bits per heavy atom. The second-order valence-corrected chi connectivity index (χ2v) is 5.24. The van der Waals surface area contributed by atoms with Crippen LogP contribution in [0.4, 0.5) is 5.69 Å². The highest BCUT2D eigenvalue weighted by Gasteiger charge is 2.17. The summed E-state index contributed by atoms with van der Waals surface area (Å²) in [6, 6.07) is 7.25. The van der Waals surface area contributed by atoms with E-state index in [2.05, 4.69) is 49.6 Å². The number of benzene rings is 1. The predicted octanol–water partition coefficient (Wildman–Crippen LogP) is 2.58. The lowest BCUT2D eigenvalue weighted by Gasteiger charge is -2.28. The second-order valence-electron chi connectivity index (χ2n) is 5.24. The maximum atomic E-state index is 3.62. The van der Waals surface area contributed by atoms with E-state index in [1.54, 1.807) is 0 Å². The average Bonchev–Trinajstić information content (AvgIpc) is 2.25. The molecule has 88 valence electrons. The molecule has 1 atom stereocenters. The van der Waals surface area contributed by atoms with E-state index in [1.807, 2.05) is 0 Å². The third-order valence-electron chi connectivity index (χ3n) is 3.08. The van der Waals surface area contributed by atoms with Crippen molar-refractivity contribution in [1.82, 2.24) is 5.32 Å². The van der Waals surface area contributed by atoms with Gasteiger partial charge in [-0.05, 0) is 37.4 Å². The summed E-state index contributed by atoms with van der Waals surface area (Å²) in [4.78, 5) is 0. The van der Waals surface area contributed by atoms with Crippen LogP contribution in [0.25, 0.3) is 0 Å². The second kappa shape index (κ2) is 4.88. The number of rotatable bonds is 3. The lowest BCUT2D eigenvalue weighted by molar-refractivity contribution is 0.465. The Labute approximate surface area is 98.4 Å². The summed E-state index contributed by atoms with van der Waals surface area (Å²) >= 11 is 0. The van der Waals surface area contributed by atoms with Crippen molar-refractivity contribution in [3.8, 4) is 0 Å². The Morgan fingerprint density at radius 2 is 2.25 bits per heavy atom. The molecular formula is C14H22N2. The number of hydrogen-bond acceptors (Lipinski definition) is 2. The van der Waals surface area contributed by atoms with Crippen LogP contribution in [-0.2, 0) is 6.42 Å². The van der Waals surface area contributed by atoms with Gasteiger partial charge in [-0.1, -0.05) is 31.5 Å². The zero-order valence-corrected chi connectivity index (χ0v) is 10.5. The minimum absolute atomic E-state index is 0.580. The molecule has 0 aromatic heterocycles. The standard InChI is InChI=1S/C14H22N2/c1-10(2)8-15-13-7-12-6-11(3)4-5-14(12)16-9-13/h4-6,10,13,15-16H,7-9H2,1-3H3. The first kappa shape index (κ1) is 11.5. The monoisotopic (exact) mass is 218 g/mol. The minimum Gasteiger partial charge on any atom is -0.383 e. The maximum absolute atomic E-state index is 3.62. The lowest BCUT2D eigenvalue weighted by Crippen LogP contribution is -2.41. The molecule has 2 N–H and O–H groups in total. The van der Waals surface area contributed by atoms with Gasteiger partial charge in [0.05, 0.1) is 0 Å². The van der Waals surface area contributed by atoms with Gasteiger partial charge in [0, 0.05) is 18.3 Å². The quantitative estimate of drug-likeness (QED) is 0.815. The van der Waals surface area contributed by atoms with Crippen molar-refractivity contribution in [1.29, 1.82) is 0 Å². The van der Waals surface area contributed by atoms with Crippen molar-refractivity contribution in [2.24, 2.45) is 5.92 Å². The van der Waals surface area contributed by atoms with Crippen molar-refractivity contribution in [2.45, 2.75) is 33.2 Å². The third-order valence-corrected chi connectivity index (χ3v) is 3.08. The molecule has 1 aromatic carbocycles. The summed E-state index contributed by atoms with van der Waals surface area (Å²) in [6.07, 6.45) is 1.15. The number of fused-ring (bicyclic) bond motifs is 1. The van der Waals surface area contributed by atoms with Crippen LogP contribution in [-0.4, -0.2) is 19.1 Å². The molecule has 0 aliphatic carbocycles. The molecule has 2 nitrogen and oxygen atoms in total. The van der Waals surface area contributed by atoms with Crippen LogP contribution in [0.1, 0.15) is 25.0 Å². The molecule has 2 heteroatoms. The molecular weight excluding hydrogens is 196 g/mol. The van der Waals surface area contributed by atoms with Crippen molar-refractivity contribution >= 4 is 5.69 Å². The molecule has 1 aliphatic heterocycles. The van der Waals surface area contributed by atoms with Gasteiger partial charge < -0.3 is 10.6 Å². The van der Waals surface area contributed by atoms with Crippen LogP contribution in [0.5, 0.6) is 0 Å². The van der Waals surface area contributed by atoms with E-state index in [9.17, 15) is 0 Å². The van der Waals surface area contributed by atoms with Crippen LogP contribution in [0.2, 0.25) is 0 Å². The minimum atomic E-state index is 0.580. The predicted molar refractivity (Wildman–Crippen MR) is 70.0 cm³/mol. The van der Waals surface area contributed by atoms with Crippen LogP contribution in [0.3, 0.4) is 0 Å². The normalized spacial score (nSPS) is 19.4. The largest absolute Gasteiger partial charge is 0.383 e. The summed E-state index contributed by atoms with van der Waals surface area (Å²) < 4.78 is 0. The van der Waals surface area contributed by atoms with Crippen LogP contribution in [0, 0.1) is 12.8 Å². The SMILES string of the molecule is Cc1ccc2c(c1)CC(NCC(C)C)CN2. The molecule has 1 unspecified atom stereocenters. The smallest absolute Gasteiger partial charge is 0.0374 e. The molecule has 0 bridgehead atoms. The zero-order valence-electron chi connectivity index (χ0n) is 10.5. The Morgan fingerprint density at radius 1 is 1.44 bits per heavy atom. The Hall–Kier alpha value is -1.02. The first-order valence-corrected chi connectivity index (χ1v) is 6.22. The van der Waals surface area contributed by atoms with Gasteiger partial charge in [0.2, 0.25) is 0 Å². The van der Waals surface area contributed by atoms with Crippen molar-refractivity contribution in [3.05, 3.63) is 29.3 Å². The Bertz CT molecular complexity index is 358. The first-order chi connectivity index (χ1) is 7.65. The van der Waals surface area contributed by atoms with Crippen molar-refractivity contribution in [2.75, 3.05) is 18.4 Å². The molecule has 0 saturated carbocycles. The fraction of sp³-hybridized carbons (Fsp3) is 0.571. The van der Waals surface area contributed by atoms with E-state index in [-0.39, 0.29) is 0 Å². The third kappa shape index (κ3) is 2.76. The fourth-order valence-corrected chi connectivity index (χ4v) is 2.18. The van der Waals surface area contributed by atoms with Gasteiger partial charge in [0.25, 0.3) is 0 Å². The number of hydrogen-bond donors (Lipinski definition) is 2. The van der Waals surface area contributed by atoms with Gasteiger partial charge >= 0.3 is 0 Å². The van der Waals surface area contributed by atoms with E-state index in [0.717, 1.165) is 25.4 Å². The molecule has 0 saturated heterocycles. The van der Waals surface area contributed by atoms with E-state index in [4.69, 9.17) is 0 Å². The molecule has 0 spiro atoms. The maximum Gasteiger partial charge on any atom is 0.0374 e. The van der Waals surface area contributed by atoms with E-state index in [1.165, 1.54) is 16.8 Å². The van der Waals surface area contributed by atoms with E-state index < -0.39 is 0 Å². The number of nitrogens with one attached hydrogen (secondary N) is 2. The highest BCUT2D eigenvalue weighted by atomic mass is 15.0. The zero-order chi connectivity index (χ0) is 11.5. The molecule has 0 fully saturated rings. The van der Waals surface area contributed by atoms with Crippen LogP contribution < -0.4 is 10.6 Å². The van der Waals surface area contributed by atoms with E-state index in [0.29, 0.717) is 6.04 Å². The van der Waals surface area contributed by atoms with Gasteiger partial charge in [-0.3, -0.25) is 0 Å². The molecule has 1 aromatic rings. The van der Waals surface area contributed by atoms with E-state index >= 15 is 0 Å². The van der Waals surface area contributed by atoms with Gasteiger partial charge in [-0.15, -0.1) is 0 Å². The molecule has 0 radical (unpaired) electrons. The van der Waals surface area contributed by atoms with Crippen LogP contribution in [0.15, 0.2) is 18.2 Å².